The van der Waals surface area contributed by atoms with Gasteiger partial charge in [-0.2, -0.15) is 4.31 Å². The molecule has 0 fully saturated rings. The number of methoxy groups -OCH3 is 1. The first-order valence-electron chi connectivity index (χ1n) is 12.0. The van der Waals surface area contributed by atoms with Crippen molar-refractivity contribution in [3.63, 3.8) is 0 Å². The predicted octanol–water partition coefficient (Wildman–Crippen LogP) is 4.98. The molecule has 0 spiro atoms. The first kappa shape index (κ1) is 28.3. The van der Waals surface area contributed by atoms with Crippen molar-refractivity contribution < 1.29 is 17.9 Å². The van der Waals surface area contributed by atoms with Crippen molar-refractivity contribution in [3.05, 3.63) is 47.0 Å². The van der Waals surface area contributed by atoms with Crippen LogP contribution in [0.3, 0.4) is 0 Å². The lowest BCUT2D eigenvalue weighted by Crippen LogP contribution is -2.39. The molecule has 1 heterocycles. The lowest BCUT2D eigenvalue weighted by molar-refractivity contribution is 0.0983. The number of ether oxygens (including phenoxy) is 1. The van der Waals surface area contributed by atoms with Gasteiger partial charge in [-0.15, -0.1) is 0 Å². The van der Waals surface area contributed by atoms with Crippen molar-refractivity contribution >= 4 is 54.2 Å². The first-order valence-corrected chi connectivity index (χ1v) is 14.6. The average molecular weight is 553 g/mol. The molecule has 0 saturated heterocycles. The Bertz CT molecular complexity index is 1290. The maximum atomic E-state index is 13.7. The van der Waals surface area contributed by atoms with E-state index in [9.17, 15) is 13.2 Å². The van der Waals surface area contributed by atoms with Gasteiger partial charge < -0.3 is 9.64 Å². The van der Waals surface area contributed by atoms with E-state index >= 15 is 0 Å². The van der Waals surface area contributed by atoms with Crippen LogP contribution in [0.5, 0.6) is 5.75 Å². The standard InChI is InChI=1S/C25H33ClN4O4S2/c1-6-28(7-2)16-17-30(25-27-22-21(34-5)15-14-20(26)23(22)35-25)24(31)18-10-12-19(13-11-18)36(32,33)29(8-3)9-4/h10-15H,6-9,16-17H2,1-5H3. The number of carbonyl (C=O) groups excluding carboxylic acids is 1. The number of likely N-dealkylation sites (N-methyl/N-ethyl adjacent to an activating group) is 1. The minimum Gasteiger partial charge on any atom is -0.494 e. The summed E-state index contributed by atoms with van der Waals surface area (Å²) >= 11 is 7.75. The van der Waals surface area contributed by atoms with Crippen LogP contribution in [-0.2, 0) is 10.0 Å². The van der Waals surface area contributed by atoms with E-state index in [1.165, 1.54) is 27.8 Å². The van der Waals surface area contributed by atoms with Crippen molar-refractivity contribution in [1.82, 2.24) is 14.2 Å². The molecular formula is C25H33ClN4O4S2. The number of carbonyl (C=O) groups is 1. The summed E-state index contributed by atoms with van der Waals surface area (Å²) in [5.74, 6) is 0.321. The number of sulfonamides is 1. The highest BCUT2D eigenvalue weighted by Crippen LogP contribution is 2.39. The van der Waals surface area contributed by atoms with Gasteiger partial charge in [-0.25, -0.2) is 13.4 Å². The molecule has 0 saturated carbocycles. The molecule has 0 aliphatic carbocycles. The van der Waals surface area contributed by atoms with Crippen LogP contribution < -0.4 is 9.64 Å². The van der Waals surface area contributed by atoms with E-state index < -0.39 is 10.0 Å². The van der Waals surface area contributed by atoms with E-state index in [0.29, 0.717) is 53.2 Å². The summed E-state index contributed by atoms with van der Waals surface area (Å²) in [6, 6.07) is 9.60. The molecule has 3 aromatic rings. The molecule has 0 bridgehead atoms. The molecule has 0 aliphatic rings. The number of benzene rings is 2. The third-order valence-electron chi connectivity index (χ3n) is 6.12. The highest BCUT2D eigenvalue weighted by atomic mass is 35.5. The Morgan fingerprint density at radius 3 is 2.17 bits per heavy atom. The van der Waals surface area contributed by atoms with E-state index in [-0.39, 0.29) is 10.8 Å². The van der Waals surface area contributed by atoms with Crippen molar-refractivity contribution in [3.8, 4) is 5.75 Å². The van der Waals surface area contributed by atoms with Crippen LogP contribution in [0.2, 0.25) is 5.02 Å². The SMILES string of the molecule is CCN(CC)CCN(C(=O)c1ccc(S(=O)(=O)N(CC)CC)cc1)c1nc2c(OC)ccc(Cl)c2s1. The van der Waals surface area contributed by atoms with E-state index in [0.717, 1.165) is 17.8 Å². The molecule has 1 aromatic heterocycles. The summed E-state index contributed by atoms with van der Waals surface area (Å²) in [6.45, 7) is 11.3. The van der Waals surface area contributed by atoms with Gasteiger partial charge in [-0.1, -0.05) is 50.6 Å². The summed E-state index contributed by atoms with van der Waals surface area (Å²) in [4.78, 5) is 22.4. The topological polar surface area (TPSA) is 83.1 Å². The lowest BCUT2D eigenvalue weighted by Gasteiger charge is -2.25. The number of rotatable bonds is 12. The zero-order valence-corrected chi connectivity index (χ0v) is 23.7. The van der Waals surface area contributed by atoms with Crippen molar-refractivity contribution in [2.75, 3.05) is 51.3 Å². The van der Waals surface area contributed by atoms with Gasteiger partial charge in [0.25, 0.3) is 5.91 Å². The Morgan fingerprint density at radius 2 is 1.61 bits per heavy atom. The third-order valence-corrected chi connectivity index (χ3v) is 9.72. The second-order valence-electron chi connectivity index (χ2n) is 8.02. The predicted molar refractivity (Wildman–Crippen MR) is 147 cm³/mol. The number of amides is 1. The van der Waals surface area contributed by atoms with Gasteiger partial charge in [0.15, 0.2) is 5.13 Å². The smallest absolute Gasteiger partial charge is 0.260 e. The van der Waals surface area contributed by atoms with E-state index in [2.05, 4.69) is 18.7 Å². The third kappa shape index (κ3) is 5.84. The normalized spacial score (nSPS) is 12.0. The fraction of sp³-hybridized carbons (Fsp3) is 0.440. The molecule has 0 N–H and O–H groups in total. The molecule has 8 nitrogen and oxygen atoms in total. The molecule has 3 rings (SSSR count). The number of fused-ring (bicyclic) bond motifs is 1. The maximum absolute atomic E-state index is 13.7. The summed E-state index contributed by atoms with van der Waals surface area (Å²) in [6.07, 6.45) is 0. The summed E-state index contributed by atoms with van der Waals surface area (Å²) in [7, 11) is -2.04. The first-order chi connectivity index (χ1) is 17.2. The number of anilines is 1. The average Bonchev–Trinajstić information content (AvgIpc) is 3.33. The molecule has 36 heavy (non-hydrogen) atoms. The molecule has 0 atom stereocenters. The number of thiazole rings is 1. The summed E-state index contributed by atoms with van der Waals surface area (Å²) < 4.78 is 33.3. The van der Waals surface area contributed by atoms with Gasteiger partial charge in [0.05, 0.1) is 21.7 Å². The van der Waals surface area contributed by atoms with Gasteiger partial charge in [0.2, 0.25) is 10.0 Å². The van der Waals surface area contributed by atoms with Crippen molar-refractivity contribution in [2.45, 2.75) is 32.6 Å². The van der Waals surface area contributed by atoms with Crippen LogP contribution in [0.1, 0.15) is 38.1 Å². The zero-order chi connectivity index (χ0) is 26.5. The van der Waals surface area contributed by atoms with Gasteiger partial charge in [-0.3, -0.25) is 9.69 Å². The van der Waals surface area contributed by atoms with E-state index in [1.807, 2.05) is 0 Å². The van der Waals surface area contributed by atoms with Gasteiger partial charge in [0, 0.05) is 31.7 Å². The number of nitrogens with zero attached hydrogens (tertiary/aromatic N) is 4. The molecule has 196 valence electrons. The fourth-order valence-corrected chi connectivity index (χ4v) is 6.66. The second-order valence-corrected chi connectivity index (χ2v) is 11.3. The van der Waals surface area contributed by atoms with Crippen molar-refractivity contribution in [2.24, 2.45) is 0 Å². The second kappa shape index (κ2) is 12.3. The Labute approximate surface area is 222 Å². The highest BCUT2D eigenvalue weighted by molar-refractivity contribution is 7.89. The molecule has 2 aromatic carbocycles. The van der Waals surface area contributed by atoms with Crippen molar-refractivity contribution in [1.29, 1.82) is 0 Å². The summed E-state index contributed by atoms with van der Waals surface area (Å²) in [5.41, 5.74) is 0.983. The van der Waals surface area contributed by atoms with Gasteiger partial charge in [-0.05, 0) is 49.5 Å². The molecule has 0 unspecified atom stereocenters. The Hall–Kier alpha value is -2.24. The number of hydrogen-bond acceptors (Lipinski definition) is 7. The van der Waals surface area contributed by atoms with Crippen LogP contribution in [0, 0.1) is 0 Å². The molecule has 0 aliphatic heterocycles. The quantitative estimate of drug-likeness (QED) is 0.315. The number of hydrogen-bond donors (Lipinski definition) is 0. The Morgan fingerprint density at radius 1 is 0.972 bits per heavy atom. The Kier molecular flexibility index (Phi) is 9.71. The lowest BCUT2D eigenvalue weighted by atomic mass is 10.2. The zero-order valence-electron chi connectivity index (χ0n) is 21.3. The highest BCUT2D eigenvalue weighted by Gasteiger charge is 2.26. The summed E-state index contributed by atoms with van der Waals surface area (Å²) in [5, 5.41) is 1.05. The van der Waals surface area contributed by atoms with Crippen LogP contribution >= 0.6 is 22.9 Å². The van der Waals surface area contributed by atoms with Gasteiger partial charge in [0.1, 0.15) is 11.3 Å². The van der Waals surface area contributed by atoms with Crippen LogP contribution in [0.15, 0.2) is 41.3 Å². The largest absolute Gasteiger partial charge is 0.494 e. The Balaban J connectivity index is 2.00. The minimum absolute atomic E-state index is 0.161. The van der Waals surface area contributed by atoms with Crippen LogP contribution in [0.4, 0.5) is 5.13 Å². The molecular weight excluding hydrogens is 520 g/mol. The monoisotopic (exact) mass is 552 g/mol. The van der Waals surface area contributed by atoms with E-state index in [4.69, 9.17) is 21.3 Å². The van der Waals surface area contributed by atoms with Crippen LogP contribution in [0.25, 0.3) is 10.2 Å². The van der Waals surface area contributed by atoms with Gasteiger partial charge >= 0.3 is 0 Å². The number of halogens is 1. The molecule has 0 radical (unpaired) electrons. The minimum atomic E-state index is -3.61. The molecule has 1 amide bonds. The molecule has 11 heteroatoms. The van der Waals surface area contributed by atoms with E-state index in [1.54, 1.807) is 50.1 Å². The number of aromatic nitrogens is 1. The van der Waals surface area contributed by atoms with Crippen LogP contribution in [-0.4, -0.2) is 74.9 Å². The fourth-order valence-electron chi connectivity index (χ4n) is 3.92. The maximum Gasteiger partial charge on any atom is 0.260 e.